The molecule has 190 valence electrons. The van der Waals surface area contributed by atoms with Gasteiger partial charge in [-0.3, -0.25) is 14.5 Å². The van der Waals surface area contributed by atoms with Crippen LogP contribution in [0.15, 0.2) is 88.3 Å². The maximum atomic E-state index is 13.1. The largest absolute Gasteiger partial charge is 0.495 e. The van der Waals surface area contributed by atoms with Crippen LogP contribution in [-0.2, 0) is 0 Å². The van der Waals surface area contributed by atoms with Crippen molar-refractivity contribution in [3.63, 3.8) is 0 Å². The Kier molecular flexibility index (Phi) is 7.51. The fourth-order valence-electron chi connectivity index (χ4n) is 4.86. The number of nitrogens with one attached hydrogen (secondary N) is 1. The molecule has 1 aliphatic rings. The molecule has 0 saturated carbocycles. The SMILES string of the molecule is COc1ccccc1N1CCN(CCCNC(=O)c2cccc3c(=O)c(-c4ccccc4)coc23)CC1. The molecular weight excluding hydrogens is 466 g/mol. The van der Waals surface area contributed by atoms with Crippen molar-refractivity contribution in [3.05, 3.63) is 94.8 Å². The molecule has 0 bridgehead atoms. The number of benzene rings is 3. The Hall–Kier alpha value is -4.10. The second-order valence-electron chi connectivity index (χ2n) is 9.14. The molecule has 0 atom stereocenters. The van der Waals surface area contributed by atoms with Crippen LogP contribution in [0.3, 0.4) is 0 Å². The molecule has 5 rings (SSSR count). The van der Waals surface area contributed by atoms with E-state index in [1.54, 1.807) is 25.3 Å². The molecule has 1 fully saturated rings. The molecule has 0 aliphatic carbocycles. The lowest BCUT2D eigenvalue weighted by molar-refractivity contribution is 0.0952. The van der Waals surface area contributed by atoms with Crippen LogP contribution in [0.5, 0.6) is 5.75 Å². The Morgan fingerprint density at radius 3 is 2.49 bits per heavy atom. The number of carbonyl (C=O) groups is 1. The molecule has 1 amide bonds. The number of methoxy groups -OCH3 is 1. The summed E-state index contributed by atoms with van der Waals surface area (Å²) in [5.41, 5.74) is 2.95. The van der Waals surface area contributed by atoms with E-state index in [0.717, 1.165) is 56.1 Å². The van der Waals surface area contributed by atoms with Gasteiger partial charge in [0.15, 0.2) is 0 Å². The van der Waals surface area contributed by atoms with Crippen LogP contribution in [0.25, 0.3) is 22.1 Å². The van der Waals surface area contributed by atoms with Crippen LogP contribution in [0, 0.1) is 0 Å². The van der Waals surface area contributed by atoms with Crippen molar-refractivity contribution < 1.29 is 13.9 Å². The monoisotopic (exact) mass is 497 g/mol. The van der Waals surface area contributed by atoms with Gasteiger partial charge in [-0.05, 0) is 42.8 Å². The van der Waals surface area contributed by atoms with Crippen LogP contribution >= 0.6 is 0 Å². The predicted molar refractivity (Wildman–Crippen MR) is 147 cm³/mol. The van der Waals surface area contributed by atoms with E-state index in [-0.39, 0.29) is 11.3 Å². The van der Waals surface area contributed by atoms with Gasteiger partial charge in [0.1, 0.15) is 17.6 Å². The fourth-order valence-corrected chi connectivity index (χ4v) is 4.86. The summed E-state index contributed by atoms with van der Waals surface area (Å²) in [6, 6.07) is 22.6. The Bertz CT molecular complexity index is 1430. The van der Waals surface area contributed by atoms with E-state index < -0.39 is 0 Å². The van der Waals surface area contributed by atoms with Gasteiger partial charge < -0.3 is 19.4 Å². The van der Waals surface area contributed by atoms with Gasteiger partial charge in [-0.2, -0.15) is 0 Å². The van der Waals surface area contributed by atoms with Gasteiger partial charge in [0.05, 0.1) is 29.3 Å². The van der Waals surface area contributed by atoms with E-state index >= 15 is 0 Å². The Balaban J connectivity index is 1.15. The molecule has 4 aromatic rings. The zero-order valence-electron chi connectivity index (χ0n) is 21.0. The number of carbonyl (C=O) groups excluding carboxylic acids is 1. The van der Waals surface area contributed by atoms with Crippen molar-refractivity contribution in [1.29, 1.82) is 0 Å². The maximum Gasteiger partial charge on any atom is 0.255 e. The number of hydrogen-bond donors (Lipinski definition) is 1. The number of ether oxygens (including phenoxy) is 1. The number of anilines is 1. The molecule has 0 spiro atoms. The van der Waals surface area contributed by atoms with Crippen LogP contribution in [0.1, 0.15) is 16.8 Å². The lowest BCUT2D eigenvalue weighted by Crippen LogP contribution is -2.47. The molecule has 7 nitrogen and oxygen atoms in total. The summed E-state index contributed by atoms with van der Waals surface area (Å²) in [4.78, 5) is 30.8. The van der Waals surface area contributed by atoms with E-state index in [9.17, 15) is 9.59 Å². The second-order valence-corrected chi connectivity index (χ2v) is 9.14. The Morgan fingerprint density at radius 2 is 1.70 bits per heavy atom. The number of nitrogens with zero attached hydrogens (tertiary/aromatic N) is 2. The van der Waals surface area contributed by atoms with Crippen molar-refractivity contribution in [2.24, 2.45) is 0 Å². The van der Waals surface area contributed by atoms with E-state index in [0.29, 0.717) is 28.6 Å². The van der Waals surface area contributed by atoms with Gasteiger partial charge in [0.2, 0.25) is 5.43 Å². The quantitative estimate of drug-likeness (QED) is 0.364. The number of piperazine rings is 1. The average molecular weight is 498 g/mol. The van der Waals surface area contributed by atoms with Crippen molar-refractivity contribution in [2.45, 2.75) is 6.42 Å². The molecule has 1 N–H and O–H groups in total. The number of rotatable bonds is 8. The first-order valence-corrected chi connectivity index (χ1v) is 12.6. The van der Waals surface area contributed by atoms with Crippen LogP contribution < -0.4 is 20.4 Å². The zero-order chi connectivity index (χ0) is 25.6. The maximum absolute atomic E-state index is 13.1. The molecule has 0 radical (unpaired) electrons. The summed E-state index contributed by atoms with van der Waals surface area (Å²) in [5.74, 6) is 0.668. The number of fused-ring (bicyclic) bond motifs is 1. The third-order valence-electron chi connectivity index (χ3n) is 6.86. The minimum atomic E-state index is -0.234. The highest BCUT2D eigenvalue weighted by Gasteiger charge is 2.20. The fraction of sp³-hybridized carbons (Fsp3) is 0.267. The first-order valence-electron chi connectivity index (χ1n) is 12.6. The molecule has 3 aromatic carbocycles. The normalized spacial score (nSPS) is 14.0. The molecular formula is C30H31N3O4. The molecule has 0 unspecified atom stereocenters. The summed E-state index contributed by atoms with van der Waals surface area (Å²) >= 11 is 0. The van der Waals surface area contributed by atoms with Gasteiger partial charge in [-0.25, -0.2) is 0 Å². The molecule has 1 aliphatic heterocycles. The van der Waals surface area contributed by atoms with E-state index in [4.69, 9.17) is 9.15 Å². The summed E-state index contributed by atoms with van der Waals surface area (Å²) in [6.45, 7) is 5.26. The van der Waals surface area contributed by atoms with Gasteiger partial charge in [0, 0.05) is 32.7 Å². The minimum absolute atomic E-state index is 0.144. The standard InChI is InChI=1S/C30H31N3O4/c1-36-27-14-6-5-13-26(27)33-19-17-32(18-20-33)16-8-15-31-30(35)24-12-7-11-23-28(34)25(21-37-29(23)24)22-9-3-2-4-10-22/h2-7,9-14,21H,8,15-20H2,1H3,(H,31,35). The molecule has 2 heterocycles. The third-order valence-corrected chi connectivity index (χ3v) is 6.86. The summed E-state index contributed by atoms with van der Waals surface area (Å²) < 4.78 is 11.3. The van der Waals surface area contributed by atoms with Crippen LogP contribution in [0.4, 0.5) is 5.69 Å². The summed E-state index contributed by atoms with van der Waals surface area (Å²) in [7, 11) is 1.71. The number of para-hydroxylation sites is 3. The smallest absolute Gasteiger partial charge is 0.255 e. The molecule has 7 heteroatoms. The number of amides is 1. The predicted octanol–water partition coefficient (Wildman–Crippen LogP) is 4.41. The third kappa shape index (κ3) is 5.37. The van der Waals surface area contributed by atoms with Crippen molar-refractivity contribution in [3.8, 4) is 16.9 Å². The Morgan fingerprint density at radius 1 is 0.946 bits per heavy atom. The Labute approximate surface area is 216 Å². The van der Waals surface area contributed by atoms with E-state index in [2.05, 4.69) is 21.2 Å². The molecule has 1 aromatic heterocycles. The first kappa shape index (κ1) is 24.6. The second kappa shape index (κ2) is 11.3. The van der Waals surface area contributed by atoms with Crippen LogP contribution in [-0.4, -0.2) is 57.2 Å². The lowest BCUT2D eigenvalue weighted by Gasteiger charge is -2.36. The molecule has 37 heavy (non-hydrogen) atoms. The average Bonchev–Trinajstić information content (AvgIpc) is 2.96. The topological polar surface area (TPSA) is 75.0 Å². The van der Waals surface area contributed by atoms with Gasteiger partial charge in [-0.15, -0.1) is 0 Å². The van der Waals surface area contributed by atoms with Crippen molar-refractivity contribution in [1.82, 2.24) is 10.2 Å². The number of hydrogen-bond acceptors (Lipinski definition) is 6. The van der Waals surface area contributed by atoms with Crippen molar-refractivity contribution in [2.75, 3.05) is 51.3 Å². The summed E-state index contributed by atoms with van der Waals surface area (Å²) in [5, 5.41) is 3.40. The highest BCUT2D eigenvalue weighted by molar-refractivity contribution is 6.05. The summed E-state index contributed by atoms with van der Waals surface area (Å²) in [6.07, 6.45) is 2.29. The van der Waals surface area contributed by atoms with Crippen LogP contribution in [0.2, 0.25) is 0 Å². The highest BCUT2D eigenvalue weighted by Crippen LogP contribution is 2.28. The van der Waals surface area contributed by atoms with Gasteiger partial charge in [0.25, 0.3) is 5.91 Å². The van der Waals surface area contributed by atoms with Crippen molar-refractivity contribution >= 4 is 22.6 Å². The van der Waals surface area contributed by atoms with Gasteiger partial charge >= 0.3 is 0 Å². The lowest BCUT2D eigenvalue weighted by atomic mass is 10.0. The minimum Gasteiger partial charge on any atom is -0.495 e. The van der Waals surface area contributed by atoms with E-state index in [1.807, 2.05) is 48.5 Å². The van der Waals surface area contributed by atoms with E-state index in [1.165, 1.54) is 6.26 Å². The van der Waals surface area contributed by atoms with Gasteiger partial charge in [-0.1, -0.05) is 48.5 Å². The first-order chi connectivity index (χ1) is 18.2. The zero-order valence-corrected chi connectivity index (χ0v) is 21.0. The molecule has 1 saturated heterocycles. The highest BCUT2D eigenvalue weighted by atomic mass is 16.5.